The largest absolute Gasteiger partial charge is 0.479 e. The summed E-state index contributed by atoms with van der Waals surface area (Å²) < 4.78 is 70.9. The van der Waals surface area contributed by atoms with Gasteiger partial charge in [0, 0.05) is 25.9 Å². The van der Waals surface area contributed by atoms with Crippen LogP contribution in [0.25, 0.3) is 27.7 Å². The smallest absolute Gasteiger partial charge is 0.252 e. The van der Waals surface area contributed by atoms with Crippen LogP contribution in [0.2, 0.25) is 0 Å². The molecular weight excluding hydrogens is 520 g/mol. The molecule has 2 saturated heterocycles. The van der Waals surface area contributed by atoms with E-state index >= 15 is 8.78 Å². The van der Waals surface area contributed by atoms with Gasteiger partial charge in [-0.2, -0.15) is 4.98 Å². The Morgan fingerprint density at radius 1 is 1.18 bits per heavy atom. The summed E-state index contributed by atoms with van der Waals surface area (Å²) in [6, 6.07) is 4.30. The lowest BCUT2D eigenvalue weighted by Gasteiger charge is -2.42. The topological polar surface area (TPSA) is 94.6 Å². The van der Waals surface area contributed by atoms with Gasteiger partial charge < -0.3 is 14.8 Å². The van der Waals surface area contributed by atoms with Crippen molar-refractivity contribution >= 4 is 22.5 Å². The lowest BCUT2D eigenvalue weighted by atomic mass is 9.88. The SMILES string of the molecule is COc1nc(N[C@@H]2CCN(C3COC3)C[C@H]2F)nn2cc(F)c(-c3ccc4nnn(C5CC(F)(F)C5)c4c3)c12. The molecule has 1 aliphatic carbocycles. The van der Waals surface area contributed by atoms with Crippen LogP contribution >= 0.6 is 0 Å². The van der Waals surface area contributed by atoms with E-state index in [1.807, 2.05) is 0 Å². The van der Waals surface area contributed by atoms with Gasteiger partial charge in [0.2, 0.25) is 11.8 Å². The number of ether oxygens (including phenoxy) is 2. The number of methoxy groups -OCH3 is 1. The fourth-order valence-corrected chi connectivity index (χ4v) is 5.69. The van der Waals surface area contributed by atoms with Gasteiger partial charge in [-0.15, -0.1) is 10.2 Å². The minimum Gasteiger partial charge on any atom is -0.479 e. The van der Waals surface area contributed by atoms with E-state index in [1.165, 1.54) is 22.5 Å². The molecule has 0 unspecified atom stereocenters. The summed E-state index contributed by atoms with van der Waals surface area (Å²) >= 11 is 0. The Kier molecular flexibility index (Phi) is 5.67. The normalized spacial score (nSPS) is 24.1. The first kappa shape index (κ1) is 24.5. The number of nitrogens with zero attached hydrogens (tertiary/aromatic N) is 7. The maximum absolute atomic E-state index is 15.4. The van der Waals surface area contributed by atoms with Gasteiger partial charge in [-0.1, -0.05) is 11.3 Å². The van der Waals surface area contributed by atoms with E-state index in [1.54, 1.807) is 18.2 Å². The Morgan fingerprint density at radius 2 is 2.00 bits per heavy atom. The van der Waals surface area contributed by atoms with E-state index < -0.39 is 30.0 Å². The van der Waals surface area contributed by atoms with Gasteiger partial charge in [-0.25, -0.2) is 26.8 Å². The van der Waals surface area contributed by atoms with Crippen LogP contribution in [0.3, 0.4) is 0 Å². The molecular formula is C25H26F4N8O2. The number of alkyl halides is 3. The van der Waals surface area contributed by atoms with Crippen molar-refractivity contribution in [3.05, 3.63) is 30.2 Å². The summed E-state index contributed by atoms with van der Waals surface area (Å²) in [5.74, 6) is -3.06. The van der Waals surface area contributed by atoms with Crippen LogP contribution in [0.1, 0.15) is 25.3 Å². The Bertz CT molecular complexity index is 1550. The zero-order valence-electron chi connectivity index (χ0n) is 21.0. The Morgan fingerprint density at radius 3 is 2.69 bits per heavy atom. The number of likely N-dealkylation sites (tertiary alicyclic amines) is 1. The van der Waals surface area contributed by atoms with Crippen LogP contribution in [0, 0.1) is 5.82 Å². The van der Waals surface area contributed by atoms with Crippen molar-refractivity contribution in [2.75, 3.05) is 38.7 Å². The number of rotatable bonds is 6. The molecule has 7 rings (SSSR count). The van der Waals surface area contributed by atoms with E-state index in [2.05, 4.69) is 30.6 Å². The first-order chi connectivity index (χ1) is 18.8. The number of halogens is 4. The van der Waals surface area contributed by atoms with Crippen LogP contribution in [0.5, 0.6) is 5.88 Å². The molecule has 1 aromatic carbocycles. The molecule has 1 saturated carbocycles. The summed E-state index contributed by atoms with van der Waals surface area (Å²) in [5.41, 5.74) is 1.98. The van der Waals surface area contributed by atoms with E-state index in [-0.39, 0.29) is 41.8 Å². The number of anilines is 1. The van der Waals surface area contributed by atoms with Crippen LogP contribution in [-0.2, 0) is 4.74 Å². The number of nitrogens with one attached hydrogen (secondary N) is 1. The van der Waals surface area contributed by atoms with Crippen LogP contribution in [0.4, 0.5) is 23.5 Å². The van der Waals surface area contributed by atoms with Crippen molar-refractivity contribution in [2.24, 2.45) is 0 Å². The quantitative estimate of drug-likeness (QED) is 0.368. The number of fused-ring (bicyclic) bond motifs is 2. The number of benzene rings is 1. The first-order valence-corrected chi connectivity index (χ1v) is 12.9. The molecule has 0 spiro atoms. The fraction of sp³-hybridized carbons (Fsp3) is 0.520. The summed E-state index contributed by atoms with van der Waals surface area (Å²) in [6.07, 6.45) is -0.00318. The monoisotopic (exact) mass is 546 g/mol. The maximum Gasteiger partial charge on any atom is 0.252 e. The third-order valence-electron chi connectivity index (χ3n) is 7.94. The molecule has 3 fully saturated rings. The molecule has 39 heavy (non-hydrogen) atoms. The highest BCUT2D eigenvalue weighted by molar-refractivity contribution is 5.89. The van der Waals surface area contributed by atoms with Gasteiger partial charge in [0.25, 0.3) is 5.92 Å². The highest BCUT2D eigenvalue weighted by Gasteiger charge is 2.47. The average molecular weight is 547 g/mol. The lowest BCUT2D eigenvalue weighted by molar-refractivity contribution is -0.106. The minimum atomic E-state index is -2.72. The minimum absolute atomic E-state index is 0.108. The first-order valence-electron chi connectivity index (χ1n) is 12.9. The van der Waals surface area contributed by atoms with Gasteiger partial charge in [0.1, 0.15) is 17.2 Å². The van der Waals surface area contributed by atoms with Gasteiger partial charge in [0.15, 0.2) is 5.82 Å². The van der Waals surface area contributed by atoms with E-state index in [0.717, 1.165) is 6.54 Å². The standard InChI is InChI=1S/C25H26F4N8O2/c1-38-23-22-21(13-2-3-19-20(6-13)37(34-32-19)14-7-25(28,29)8-14)17(27)10-36(22)33-24(31-23)30-18-4-5-35(9-16(18)26)15-11-39-12-15/h2-3,6,10,14-16,18H,4-5,7-9,11-12H2,1H3,(H,30,33)/t16-,18-/m1/s1. The molecule has 0 radical (unpaired) electrons. The number of aromatic nitrogens is 6. The number of hydrogen-bond acceptors (Lipinski definition) is 8. The molecule has 5 heterocycles. The molecule has 0 bridgehead atoms. The molecule has 3 aliphatic rings. The van der Waals surface area contributed by atoms with Crippen molar-refractivity contribution in [3.63, 3.8) is 0 Å². The average Bonchev–Trinajstić information content (AvgIpc) is 3.42. The Hall–Kier alpha value is -3.52. The summed E-state index contributed by atoms with van der Waals surface area (Å²) in [6.45, 7) is 2.28. The van der Waals surface area contributed by atoms with E-state index in [0.29, 0.717) is 42.8 Å². The van der Waals surface area contributed by atoms with Crippen molar-refractivity contribution in [2.45, 2.75) is 49.5 Å². The van der Waals surface area contributed by atoms with E-state index in [4.69, 9.17) is 9.47 Å². The van der Waals surface area contributed by atoms with Crippen molar-refractivity contribution in [3.8, 4) is 17.0 Å². The molecule has 2 atom stereocenters. The molecule has 3 aromatic heterocycles. The molecule has 4 aromatic rings. The predicted octanol–water partition coefficient (Wildman–Crippen LogP) is 3.48. The van der Waals surface area contributed by atoms with Gasteiger partial charge >= 0.3 is 0 Å². The molecule has 10 nitrogen and oxygen atoms in total. The zero-order chi connectivity index (χ0) is 26.9. The summed E-state index contributed by atoms with van der Waals surface area (Å²) in [5, 5.41) is 15.6. The highest BCUT2D eigenvalue weighted by atomic mass is 19.3. The van der Waals surface area contributed by atoms with Crippen molar-refractivity contribution in [1.82, 2.24) is 34.5 Å². The predicted molar refractivity (Wildman–Crippen MR) is 132 cm³/mol. The van der Waals surface area contributed by atoms with Crippen LogP contribution < -0.4 is 10.1 Å². The number of piperidine rings is 1. The van der Waals surface area contributed by atoms with Gasteiger partial charge in [0.05, 0.1) is 55.7 Å². The Labute approximate surface area is 219 Å². The van der Waals surface area contributed by atoms with Crippen LogP contribution in [-0.4, -0.2) is 92.1 Å². The van der Waals surface area contributed by atoms with Gasteiger partial charge in [-0.05, 0) is 24.1 Å². The lowest BCUT2D eigenvalue weighted by Crippen LogP contribution is -2.57. The maximum atomic E-state index is 15.4. The summed E-state index contributed by atoms with van der Waals surface area (Å²) in [4.78, 5) is 6.52. The third kappa shape index (κ3) is 4.16. The summed E-state index contributed by atoms with van der Waals surface area (Å²) in [7, 11) is 1.41. The molecule has 1 N–H and O–H groups in total. The molecule has 206 valence electrons. The fourth-order valence-electron chi connectivity index (χ4n) is 5.69. The second-order valence-corrected chi connectivity index (χ2v) is 10.5. The van der Waals surface area contributed by atoms with Crippen molar-refractivity contribution < 1.29 is 27.0 Å². The second kappa shape index (κ2) is 9.01. The van der Waals surface area contributed by atoms with Gasteiger partial charge in [-0.3, -0.25) is 4.90 Å². The molecule has 14 heteroatoms. The van der Waals surface area contributed by atoms with Crippen molar-refractivity contribution in [1.29, 1.82) is 0 Å². The molecule has 0 amide bonds. The number of hydrogen-bond donors (Lipinski definition) is 1. The Balaban J connectivity index is 1.20. The highest BCUT2D eigenvalue weighted by Crippen LogP contribution is 2.46. The van der Waals surface area contributed by atoms with E-state index in [9.17, 15) is 8.78 Å². The van der Waals surface area contributed by atoms with Crippen LogP contribution in [0.15, 0.2) is 24.4 Å². The second-order valence-electron chi connectivity index (χ2n) is 10.5. The third-order valence-corrected chi connectivity index (χ3v) is 7.94. The molecule has 2 aliphatic heterocycles. The zero-order valence-corrected chi connectivity index (χ0v) is 21.0.